The highest BCUT2D eigenvalue weighted by Crippen LogP contribution is 2.37. The second-order valence-electron chi connectivity index (χ2n) is 6.20. The number of aromatic carboxylic acids is 1. The van der Waals surface area contributed by atoms with Crippen LogP contribution in [0.1, 0.15) is 10.4 Å². The van der Waals surface area contributed by atoms with Crippen molar-refractivity contribution >= 4 is 59.5 Å². The first kappa shape index (κ1) is 19.3. The maximum absolute atomic E-state index is 12.9. The zero-order valence-corrected chi connectivity index (χ0v) is 17.4. The quantitative estimate of drug-likeness (QED) is 0.427. The molecule has 0 aliphatic carbocycles. The lowest BCUT2D eigenvalue weighted by Crippen LogP contribution is -2.14. The molecule has 0 aliphatic rings. The molecule has 2 N–H and O–H groups in total. The molecule has 0 saturated carbocycles. The molecule has 0 amide bonds. The van der Waals surface area contributed by atoms with E-state index in [9.17, 15) is 18.3 Å². The minimum atomic E-state index is -4.07. The number of rotatable bonds is 5. The van der Waals surface area contributed by atoms with Crippen molar-refractivity contribution in [3.63, 3.8) is 0 Å². The Morgan fingerprint density at radius 1 is 1.07 bits per heavy atom. The van der Waals surface area contributed by atoms with E-state index in [0.29, 0.717) is 16.9 Å². The molecule has 0 saturated heterocycles. The van der Waals surface area contributed by atoms with Crippen molar-refractivity contribution in [1.82, 2.24) is 0 Å². The van der Waals surface area contributed by atoms with Gasteiger partial charge in [0.1, 0.15) is 16.9 Å². The van der Waals surface area contributed by atoms with Gasteiger partial charge in [0.25, 0.3) is 10.0 Å². The molecule has 4 aromatic rings. The number of fused-ring (bicyclic) bond motifs is 3. The van der Waals surface area contributed by atoms with Crippen molar-refractivity contribution in [1.29, 1.82) is 0 Å². The van der Waals surface area contributed by atoms with Crippen molar-refractivity contribution in [3.05, 3.63) is 64.6 Å². The van der Waals surface area contributed by atoms with Crippen LogP contribution in [-0.4, -0.2) is 26.6 Å². The Bertz CT molecular complexity index is 1380. The lowest BCUT2D eigenvalue weighted by atomic mass is 10.1. The van der Waals surface area contributed by atoms with Crippen LogP contribution in [0, 0.1) is 0 Å². The fraction of sp³-hybridized carbons (Fsp3) is 0.0500. The number of ether oxygens (including phenoxy) is 1. The van der Waals surface area contributed by atoms with Gasteiger partial charge in [-0.05, 0) is 46.3 Å². The summed E-state index contributed by atoms with van der Waals surface area (Å²) < 4.78 is 39.6. The fourth-order valence-electron chi connectivity index (χ4n) is 3.04. The lowest BCUT2D eigenvalue weighted by Gasteiger charge is -2.12. The van der Waals surface area contributed by atoms with Gasteiger partial charge in [-0.25, -0.2) is 13.2 Å². The van der Waals surface area contributed by atoms with Crippen molar-refractivity contribution in [2.24, 2.45) is 0 Å². The Hall–Kier alpha value is -3.04. The number of anilines is 1. The summed E-state index contributed by atoms with van der Waals surface area (Å²) in [5.41, 5.74) is 1.18. The van der Waals surface area contributed by atoms with Gasteiger partial charge in [-0.15, -0.1) is 0 Å². The molecule has 0 radical (unpaired) electrons. The second-order valence-corrected chi connectivity index (χ2v) is 8.74. The zero-order chi connectivity index (χ0) is 20.8. The summed E-state index contributed by atoms with van der Waals surface area (Å²) in [6.45, 7) is 0. The molecule has 29 heavy (non-hydrogen) atoms. The van der Waals surface area contributed by atoms with E-state index >= 15 is 0 Å². The SMILES string of the molecule is COc1cc2c(cc1NS(=O)(=O)c1ccc(Br)c(C(=O)O)c1)oc1ccccc12. The topological polar surface area (TPSA) is 106 Å². The highest BCUT2D eigenvalue weighted by atomic mass is 79.9. The highest BCUT2D eigenvalue weighted by molar-refractivity contribution is 9.10. The maximum atomic E-state index is 12.9. The van der Waals surface area contributed by atoms with E-state index in [1.165, 1.54) is 19.2 Å². The third-order valence-electron chi connectivity index (χ3n) is 4.42. The van der Waals surface area contributed by atoms with Crippen LogP contribution in [0.2, 0.25) is 0 Å². The van der Waals surface area contributed by atoms with Crippen LogP contribution in [-0.2, 0) is 10.0 Å². The first-order valence-electron chi connectivity index (χ1n) is 8.35. The van der Waals surface area contributed by atoms with Crippen molar-refractivity contribution in [2.75, 3.05) is 11.8 Å². The van der Waals surface area contributed by atoms with Crippen LogP contribution in [0.15, 0.2) is 68.4 Å². The normalized spacial score (nSPS) is 11.7. The molecule has 0 bridgehead atoms. The van der Waals surface area contributed by atoms with Crippen LogP contribution in [0.25, 0.3) is 21.9 Å². The molecule has 9 heteroatoms. The molecule has 1 aromatic heterocycles. The molecular formula is C20H14BrNO6S. The predicted molar refractivity (Wildman–Crippen MR) is 112 cm³/mol. The minimum Gasteiger partial charge on any atom is -0.495 e. The van der Waals surface area contributed by atoms with Gasteiger partial charge in [-0.3, -0.25) is 4.72 Å². The number of carboxylic acid groups (broad SMARTS) is 1. The molecule has 0 unspecified atom stereocenters. The smallest absolute Gasteiger partial charge is 0.336 e. The number of carbonyl (C=O) groups is 1. The van der Waals surface area contributed by atoms with E-state index in [0.717, 1.165) is 16.8 Å². The number of carboxylic acids is 1. The number of halogens is 1. The van der Waals surface area contributed by atoms with E-state index < -0.39 is 16.0 Å². The Balaban J connectivity index is 1.81. The summed E-state index contributed by atoms with van der Waals surface area (Å²) >= 11 is 3.10. The van der Waals surface area contributed by atoms with Crippen molar-refractivity contribution in [3.8, 4) is 5.75 Å². The number of para-hydroxylation sites is 1. The number of benzene rings is 3. The van der Waals surface area contributed by atoms with Crippen LogP contribution in [0.5, 0.6) is 5.75 Å². The first-order chi connectivity index (χ1) is 13.8. The molecule has 1 heterocycles. The third kappa shape index (κ3) is 3.43. The number of methoxy groups -OCH3 is 1. The van der Waals surface area contributed by atoms with E-state index in [1.54, 1.807) is 12.1 Å². The van der Waals surface area contributed by atoms with E-state index in [-0.39, 0.29) is 20.6 Å². The van der Waals surface area contributed by atoms with Crippen molar-refractivity contribution < 1.29 is 27.5 Å². The van der Waals surface area contributed by atoms with Gasteiger partial charge in [0.2, 0.25) is 0 Å². The fourth-order valence-corrected chi connectivity index (χ4v) is 4.54. The number of furan rings is 1. The van der Waals surface area contributed by atoms with Crippen LogP contribution in [0.3, 0.4) is 0 Å². The lowest BCUT2D eigenvalue weighted by molar-refractivity contribution is 0.0695. The maximum Gasteiger partial charge on any atom is 0.336 e. The first-order valence-corrected chi connectivity index (χ1v) is 10.6. The molecule has 0 atom stereocenters. The largest absolute Gasteiger partial charge is 0.495 e. The summed E-state index contributed by atoms with van der Waals surface area (Å²) in [6, 6.07) is 14.5. The van der Waals surface area contributed by atoms with Gasteiger partial charge in [0, 0.05) is 21.3 Å². The monoisotopic (exact) mass is 475 g/mol. The molecule has 148 valence electrons. The average molecular weight is 476 g/mol. The van der Waals surface area contributed by atoms with Crippen LogP contribution < -0.4 is 9.46 Å². The second kappa shape index (κ2) is 7.09. The van der Waals surface area contributed by atoms with Gasteiger partial charge in [0.05, 0.1) is 23.3 Å². The molecule has 4 rings (SSSR count). The Morgan fingerprint density at radius 3 is 2.55 bits per heavy atom. The Morgan fingerprint density at radius 2 is 1.83 bits per heavy atom. The Labute approximate surface area is 174 Å². The zero-order valence-electron chi connectivity index (χ0n) is 15.0. The summed E-state index contributed by atoms with van der Waals surface area (Å²) in [5.74, 6) is -0.932. The average Bonchev–Trinajstić information content (AvgIpc) is 3.04. The summed E-state index contributed by atoms with van der Waals surface area (Å²) in [6.07, 6.45) is 0. The highest BCUT2D eigenvalue weighted by Gasteiger charge is 2.21. The van der Waals surface area contributed by atoms with Crippen LogP contribution in [0.4, 0.5) is 5.69 Å². The van der Waals surface area contributed by atoms with E-state index in [4.69, 9.17) is 9.15 Å². The molecule has 0 spiro atoms. The predicted octanol–water partition coefficient (Wildman–Crippen LogP) is 4.86. The molecule has 0 fully saturated rings. The van der Waals surface area contributed by atoms with Gasteiger partial charge < -0.3 is 14.3 Å². The van der Waals surface area contributed by atoms with Crippen LogP contribution >= 0.6 is 15.9 Å². The number of sulfonamides is 1. The standard InChI is InChI=1S/C20H14BrNO6S/c1-27-19-9-13-12-4-2-3-5-17(12)28-18(13)10-16(19)22-29(25,26)11-6-7-15(21)14(8-11)20(23)24/h2-10,22H,1H3,(H,23,24). The summed E-state index contributed by atoms with van der Waals surface area (Å²) in [4.78, 5) is 11.1. The van der Waals surface area contributed by atoms with Gasteiger partial charge in [-0.2, -0.15) is 0 Å². The summed E-state index contributed by atoms with van der Waals surface area (Å²) in [7, 11) is -2.64. The number of hydrogen-bond acceptors (Lipinski definition) is 5. The number of hydrogen-bond donors (Lipinski definition) is 2. The van der Waals surface area contributed by atoms with Gasteiger partial charge in [0.15, 0.2) is 0 Å². The Kier molecular flexibility index (Phi) is 4.71. The molecule has 7 nitrogen and oxygen atoms in total. The summed E-state index contributed by atoms with van der Waals surface area (Å²) in [5, 5.41) is 10.9. The molecule has 3 aromatic carbocycles. The van der Waals surface area contributed by atoms with E-state index in [1.807, 2.05) is 24.3 Å². The number of nitrogens with one attached hydrogen (secondary N) is 1. The molecule has 0 aliphatic heterocycles. The van der Waals surface area contributed by atoms with Gasteiger partial charge in [-0.1, -0.05) is 18.2 Å². The van der Waals surface area contributed by atoms with Crippen molar-refractivity contribution in [2.45, 2.75) is 4.90 Å². The van der Waals surface area contributed by atoms with E-state index in [2.05, 4.69) is 20.7 Å². The molecular weight excluding hydrogens is 462 g/mol. The third-order valence-corrected chi connectivity index (χ3v) is 6.48. The minimum absolute atomic E-state index is 0.160. The van der Waals surface area contributed by atoms with Gasteiger partial charge >= 0.3 is 5.97 Å².